The van der Waals surface area contributed by atoms with Crippen molar-refractivity contribution in [3.8, 4) is 11.5 Å². The lowest BCUT2D eigenvalue weighted by Crippen LogP contribution is -2.19. The fraction of sp³-hybridized carbons (Fsp3) is 0.412. The van der Waals surface area contributed by atoms with Gasteiger partial charge in [0.25, 0.3) is 0 Å². The first-order valence-corrected chi connectivity index (χ1v) is 7.79. The highest BCUT2D eigenvalue weighted by Crippen LogP contribution is 2.31. The average molecular weight is 314 g/mol. The van der Waals surface area contributed by atoms with Gasteiger partial charge in [0, 0.05) is 30.9 Å². The minimum Gasteiger partial charge on any atom is -0.497 e. The van der Waals surface area contributed by atoms with Gasteiger partial charge in [0.2, 0.25) is 5.95 Å². The zero-order valence-electron chi connectivity index (χ0n) is 13.8. The summed E-state index contributed by atoms with van der Waals surface area (Å²) in [6.07, 6.45) is 2.44. The van der Waals surface area contributed by atoms with Crippen LogP contribution in [0.5, 0.6) is 11.5 Å². The molecule has 1 aliphatic heterocycles. The van der Waals surface area contributed by atoms with Crippen molar-refractivity contribution in [3.63, 3.8) is 0 Å². The van der Waals surface area contributed by atoms with Crippen LogP contribution in [0.15, 0.2) is 24.3 Å². The van der Waals surface area contributed by atoms with E-state index in [9.17, 15) is 0 Å². The maximum Gasteiger partial charge on any atom is 0.229 e. The van der Waals surface area contributed by atoms with Gasteiger partial charge in [-0.3, -0.25) is 0 Å². The van der Waals surface area contributed by atoms with E-state index in [1.165, 1.54) is 12.8 Å². The number of benzene rings is 1. The molecule has 1 N–H and O–H groups in total. The molecule has 0 bridgehead atoms. The van der Waals surface area contributed by atoms with Gasteiger partial charge in [0.15, 0.2) is 0 Å². The van der Waals surface area contributed by atoms with Crippen LogP contribution in [0.1, 0.15) is 18.5 Å². The number of aryl methyl sites for hydroxylation is 1. The summed E-state index contributed by atoms with van der Waals surface area (Å²) in [4.78, 5) is 11.4. The lowest BCUT2D eigenvalue weighted by Gasteiger charge is -2.18. The number of hydrogen-bond acceptors (Lipinski definition) is 6. The predicted molar refractivity (Wildman–Crippen MR) is 91.0 cm³/mol. The van der Waals surface area contributed by atoms with Gasteiger partial charge in [-0.25, -0.2) is 4.98 Å². The molecule has 0 aliphatic carbocycles. The van der Waals surface area contributed by atoms with Gasteiger partial charge in [-0.15, -0.1) is 0 Å². The molecule has 6 nitrogen and oxygen atoms in total. The summed E-state index contributed by atoms with van der Waals surface area (Å²) in [6.45, 7) is 4.10. The largest absolute Gasteiger partial charge is 0.497 e. The molecule has 0 unspecified atom stereocenters. The molecule has 0 radical (unpaired) electrons. The SMILES string of the molecule is COc1ccc(Nc2nc(C)cc(N3CCCC3)n2)c(OC)c1. The second-order valence-electron chi connectivity index (χ2n) is 5.58. The summed E-state index contributed by atoms with van der Waals surface area (Å²) in [7, 11) is 3.26. The number of ether oxygens (including phenoxy) is 2. The molecular formula is C17H22N4O2. The van der Waals surface area contributed by atoms with Crippen LogP contribution in [-0.2, 0) is 0 Å². The number of hydrogen-bond donors (Lipinski definition) is 1. The summed E-state index contributed by atoms with van der Waals surface area (Å²) in [6, 6.07) is 7.64. The number of methoxy groups -OCH3 is 2. The Morgan fingerprint density at radius 2 is 1.83 bits per heavy atom. The van der Waals surface area contributed by atoms with E-state index < -0.39 is 0 Å². The van der Waals surface area contributed by atoms with Crippen LogP contribution >= 0.6 is 0 Å². The van der Waals surface area contributed by atoms with Crippen LogP contribution < -0.4 is 19.7 Å². The maximum atomic E-state index is 5.41. The Morgan fingerprint density at radius 3 is 2.52 bits per heavy atom. The van der Waals surface area contributed by atoms with Crippen molar-refractivity contribution in [3.05, 3.63) is 30.0 Å². The van der Waals surface area contributed by atoms with Crippen molar-refractivity contribution in [2.75, 3.05) is 37.5 Å². The highest BCUT2D eigenvalue weighted by molar-refractivity contribution is 5.65. The van der Waals surface area contributed by atoms with E-state index in [0.29, 0.717) is 11.7 Å². The van der Waals surface area contributed by atoms with Crippen molar-refractivity contribution in [2.45, 2.75) is 19.8 Å². The van der Waals surface area contributed by atoms with Gasteiger partial charge in [0.1, 0.15) is 17.3 Å². The van der Waals surface area contributed by atoms with Gasteiger partial charge in [-0.1, -0.05) is 0 Å². The lowest BCUT2D eigenvalue weighted by atomic mass is 10.2. The Labute approximate surface area is 136 Å². The summed E-state index contributed by atoms with van der Waals surface area (Å²) < 4.78 is 10.6. The van der Waals surface area contributed by atoms with Crippen molar-refractivity contribution in [1.29, 1.82) is 0 Å². The molecule has 1 aromatic carbocycles. The fourth-order valence-electron chi connectivity index (χ4n) is 2.74. The lowest BCUT2D eigenvalue weighted by molar-refractivity contribution is 0.395. The van der Waals surface area contributed by atoms with Crippen LogP contribution in [-0.4, -0.2) is 37.3 Å². The predicted octanol–water partition coefficient (Wildman–Crippen LogP) is 3.15. The Morgan fingerprint density at radius 1 is 1.04 bits per heavy atom. The van der Waals surface area contributed by atoms with Gasteiger partial charge in [0.05, 0.1) is 19.9 Å². The summed E-state index contributed by atoms with van der Waals surface area (Å²) in [5.74, 6) is 2.99. The van der Waals surface area contributed by atoms with Gasteiger partial charge >= 0.3 is 0 Å². The van der Waals surface area contributed by atoms with Crippen molar-refractivity contribution >= 4 is 17.5 Å². The third kappa shape index (κ3) is 3.47. The quantitative estimate of drug-likeness (QED) is 0.915. The van der Waals surface area contributed by atoms with E-state index in [2.05, 4.69) is 20.2 Å². The first-order valence-electron chi connectivity index (χ1n) is 7.79. The topological polar surface area (TPSA) is 59.5 Å². The Kier molecular flexibility index (Phi) is 4.50. The molecule has 122 valence electrons. The summed E-state index contributed by atoms with van der Waals surface area (Å²) in [5.41, 5.74) is 1.75. The first-order chi connectivity index (χ1) is 11.2. The third-order valence-corrected chi connectivity index (χ3v) is 3.93. The van der Waals surface area contributed by atoms with Gasteiger partial charge in [-0.2, -0.15) is 4.98 Å². The van der Waals surface area contributed by atoms with E-state index in [4.69, 9.17) is 9.47 Å². The van der Waals surface area contributed by atoms with E-state index in [1.807, 2.05) is 31.2 Å². The third-order valence-electron chi connectivity index (χ3n) is 3.93. The molecule has 6 heteroatoms. The number of anilines is 3. The molecule has 2 aromatic rings. The molecule has 2 heterocycles. The first kappa shape index (κ1) is 15.4. The molecule has 23 heavy (non-hydrogen) atoms. The summed E-state index contributed by atoms with van der Waals surface area (Å²) >= 11 is 0. The van der Waals surface area contributed by atoms with Crippen molar-refractivity contribution < 1.29 is 9.47 Å². The van der Waals surface area contributed by atoms with Crippen LogP contribution in [0.4, 0.5) is 17.5 Å². The van der Waals surface area contributed by atoms with Crippen molar-refractivity contribution in [1.82, 2.24) is 9.97 Å². The van der Waals surface area contributed by atoms with Crippen LogP contribution in [0, 0.1) is 6.92 Å². The second kappa shape index (κ2) is 6.73. The molecule has 1 fully saturated rings. The molecule has 1 saturated heterocycles. The normalized spacial score (nSPS) is 14.0. The monoisotopic (exact) mass is 314 g/mol. The fourth-order valence-corrected chi connectivity index (χ4v) is 2.74. The Hall–Kier alpha value is -2.50. The maximum absolute atomic E-state index is 5.41. The minimum atomic E-state index is 0.579. The number of nitrogens with one attached hydrogen (secondary N) is 1. The number of rotatable bonds is 5. The van der Waals surface area contributed by atoms with Gasteiger partial charge < -0.3 is 19.7 Å². The second-order valence-corrected chi connectivity index (χ2v) is 5.58. The highest BCUT2D eigenvalue weighted by atomic mass is 16.5. The Bertz CT molecular complexity index is 684. The smallest absolute Gasteiger partial charge is 0.229 e. The van der Waals surface area contributed by atoms with E-state index >= 15 is 0 Å². The van der Waals surface area contributed by atoms with E-state index in [0.717, 1.165) is 36.0 Å². The average Bonchev–Trinajstić information content (AvgIpc) is 3.09. The van der Waals surface area contributed by atoms with E-state index in [1.54, 1.807) is 14.2 Å². The number of nitrogens with zero attached hydrogens (tertiary/aromatic N) is 3. The standard InChI is InChI=1S/C17H22N4O2/c1-12-10-16(21-8-4-5-9-21)20-17(18-12)19-14-7-6-13(22-2)11-15(14)23-3/h6-7,10-11H,4-5,8-9H2,1-3H3,(H,18,19,20). The highest BCUT2D eigenvalue weighted by Gasteiger charge is 2.15. The van der Waals surface area contributed by atoms with Crippen LogP contribution in [0.25, 0.3) is 0 Å². The zero-order chi connectivity index (χ0) is 16.2. The molecule has 3 rings (SSSR count). The molecule has 1 aromatic heterocycles. The van der Waals surface area contributed by atoms with Gasteiger partial charge in [-0.05, 0) is 31.9 Å². The molecule has 0 spiro atoms. The van der Waals surface area contributed by atoms with Crippen LogP contribution in [0.3, 0.4) is 0 Å². The number of aromatic nitrogens is 2. The molecule has 0 saturated carbocycles. The molecular weight excluding hydrogens is 292 g/mol. The van der Waals surface area contributed by atoms with Crippen LogP contribution in [0.2, 0.25) is 0 Å². The molecule has 0 amide bonds. The minimum absolute atomic E-state index is 0.579. The Balaban J connectivity index is 1.87. The zero-order valence-corrected chi connectivity index (χ0v) is 13.8. The summed E-state index contributed by atoms with van der Waals surface area (Å²) in [5, 5.41) is 3.25. The molecule has 1 aliphatic rings. The van der Waals surface area contributed by atoms with Crippen molar-refractivity contribution in [2.24, 2.45) is 0 Å². The van der Waals surface area contributed by atoms with E-state index in [-0.39, 0.29) is 0 Å². The molecule has 0 atom stereocenters.